The third-order valence-electron chi connectivity index (χ3n) is 3.90. The topological polar surface area (TPSA) is 45.2 Å². The summed E-state index contributed by atoms with van der Waals surface area (Å²) in [5.41, 5.74) is 3.69. The lowest BCUT2D eigenvalue weighted by molar-refractivity contribution is 0.0945. The van der Waals surface area contributed by atoms with Gasteiger partial charge in [-0.2, -0.15) is 0 Å². The number of carbonyl (C=O) groups is 1. The van der Waals surface area contributed by atoms with E-state index in [1.165, 1.54) is 5.56 Å². The Morgan fingerprint density at radius 1 is 1.04 bits per heavy atom. The number of pyridine rings is 1. The maximum absolute atomic E-state index is 12.1. The van der Waals surface area contributed by atoms with Crippen molar-refractivity contribution in [2.75, 3.05) is 13.1 Å². The molecule has 0 saturated carbocycles. The number of hydrogen-bond acceptors (Lipinski definition) is 3. The predicted molar refractivity (Wildman–Crippen MR) is 93.2 cm³/mol. The summed E-state index contributed by atoms with van der Waals surface area (Å²) in [5, 5.41) is 2.91. The maximum Gasteiger partial charge on any atom is 0.270 e. The van der Waals surface area contributed by atoms with Gasteiger partial charge in [-0.25, -0.2) is 4.98 Å². The summed E-state index contributed by atoms with van der Waals surface area (Å²) in [5.74, 6) is -0.138. The van der Waals surface area contributed by atoms with Crippen molar-refractivity contribution in [2.45, 2.75) is 33.9 Å². The summed E-state index contributed by atoms with van der Waals surface area (Å²) in [7, 11) is 0. The lowest BCUT2D eigenvalue weighted by Gasteiger charge is -2.18. The van der Waals surface area contributed by atoms with Crippen LogP contribution in [0.2, 0.25) is 0 Å². The van der Waals surface area contributed by atoms with Crippen molar-refractivity contribution in [3.05, 3.63) is 65.0 Å². The molecule has 1 amide bonds. The molecular weight excluding hydrogens is 286 g/mol. The van der Waals surface area contributed by atoms with Gasteiger partial charge in [-0.3, -0.25) is 9.69 Å². The van der Waals surface area contributed by atoms with Crippen molar-refractivity contribution in [3.8, 4) is 0 Å². The molecular formula is C19H25N3O. The number of nitrogens with zero attached hydrogens (tertiary/aromatic N) is 2. The predicted octanol–water partition coefficient (Wildman–Crippen LogP) is 3.16. The zero-order valence-electron chi connectivity index (χ0n) is 14.2. The Morgan fingerprint density at radius 3 is 2.30 bits per heavy atom. The summed E-state index contributed by atoms with van der Waals surface area (Å²) < 4.78 is 0. The standard InChI is InChI=1S/C19H25N3O/c1-4-22(5-2)14-17-11-9-16(10-12-17)13-20-19(23)18-8-6-7-15(3)21-18/h6-12H,4-5,13-14H2,1-3H3,(H,20,23). The molecule has 0 saturated heterocycles. The second kappa shape index (κ2) is 8.44. The quantitative estimate of drug-likeness (QED) is 0.854. The van der Waals surface area contributed by atoms with E-state index < -0.39 is 0 Å². The molecule has 2 rings (SSSR count). The molecule has 1 heterocycles. The molecule has 1 aromatic carbocycles. The van der Waals surface area contributed by atoms with Gasteiger partial charge in [-0.05, 0) is 43.3 Å². The van der Waals surface area contributed by atoms with E-state index in [-0.39, 0.29) is 5.91 Å². The van der Waals surface area contributed by atoms with Crippen LogP contribution in [-0.4, -0.2) is 28.9 Å². The van der Waals surface area contributed by atoms with Crippen LogP contribution in [0.5, 0.6) is 0 Å². The van der Waals surface area contributed by atoms with Gasteiger partial charge in [-0.1, -0.05) is 44.2 Å². The first-order valence-electron chi connectivity index (χ1n) is 8.14. The highest BCUT2D eigenvalue weighted by Gasteiger charge is 2.07. The van der Waals surface area contributed by atoms with E-state index in [2.05, 4.69) is 53.3 Å². The lowest BCUT2D eigenvalue weighted by Crippen LogP contribution is -2.24. The molecule has 23 heavy (non-hydrogen) atoms. The van der Waals surface area contributed by atoms with Crippen LogP contribution in [0, 0.1) is 6.92 Å². The summed E-state index contributed by atoms with van der Waals surface area (Å²) in [6.07, 6.45) is 0. The van der Waals surface area contributed by atoms with Crippen LogP contribution in [0.15, 0.2) is 42.5 Å². The summed E-state index contributed by atoms with van der Waals surface area (Å²) in [4.78, 5) is 18.7. The first-order chi connectivity index (χ1) is 11.1. The molecule has 1 N–H and O–H groups in total. The molecule has 0 unspecified atom stereocenters. The fourth-order valence-corrected chi connectivity index (χ4v) is 2.41. The fourth-order valence-electron chi connectivity index (χ4n) is 2.41. The Labute approximate surface area is 138 Å². The van der Waals surface area contributed by atoms with E-state index in [0.717, 1.165) is 30.9 Å². The Hall–Kier alpha value is -2.20. The normalized spacial score (nSPS) is 10.8. The highest BCUT2D eigenvalue weighted by atomic mass is 16.1. The summed E-state index contributed by atoms with van der Waals surface area (Å²) >= 11 is 0. The molecule has 0 bridgehead atoms. The van der Waals surface area contributed by atoms with E-state index in [1.807, 2.05) is 19.1 Å². The minimum absolute atomic E-state index is 0.138. The van der Waals surface area contributed by atoms with Crippen LogP contribution < -0.4 is 5.32 Å². The SMILES string of the molecule is CCN(CC)Cc1ccc(CNC(=O)c2cccc(C)n2)cc1. The van der Waals surface area contributed by atoms with Crippen molar-refractivity contribution >= 4 is 5.91 Å². The van der Waals surface area contributed by atoms with Crippen molar-refractivity contribution in [1.82, 2.24) is 15.2 Å². The van der Waals surface area contributed by atoms with Gasteiger partial charge in [0.25, 0.3) is 5.91 Å². The summed E-state index contributed by atoms with van der Waals surface area (Å²) in [6.45, 7) is 9.81. The minimum Gasteiger partial charge on any atom is -0.347 e. The number of carbonyl (C=O) groups excluding carboxylic acids is 1. The van der Waals surface area contributed by atoms with Gasteiger partial charge in [0.1, 0.15) is 5.69 Å². The largest absolute Gasteiger partial charge is 0.347 e. The van der Waals surface area contributed by atoms with Gasteiger partial charge < -0.3 is 5.32 Å². The smallest absolute Gasteiger partial charge is 0.270 e. The van der Waals surface area contributed by atoms with Gasteiger partial charge in [0.2, 0.25) is 0 Å². The number of aromatic nitrogens is 1. The Bertz CT molecular complexity index is 633. The number of nitrogens with one attached hydrogen (secondary N) is 1. The zero-order chi connectivity index (χ0) is 16.7. The number of amides is 1. The maximum atomic E-state index is 12.1. The van der Waals surface area contributed by atoms with Gasteiger partial charge in [0.05, 0.1) is 0 Å². The van der Waals surface area contributed by atoms with Crippen molar-refractivity contribution in [1.29, 1.82) is 0 Å². The molecule has 4 nitrogen and oxygen atoms in total. The number of benzene rings is 1. The molecule has 0 aliphatic carbocycles. The molecule has 4 heteroatoms. The van der Waals surface area contributed by atoms with E-state index in [1.54, 1.807) is 6.07 Å². The first-order valence-corrected chi connectivity index (χ1v) is 8.14. The Balaban J connectivity index is 1.90. The molecule has 122 valence electrons. The van der Waals surface area contributed by atoms with Gasteiger partial charge >= 0.3 is 0 Å². The lowest BCUT2D eigenvalue weighted by atomic mass is 10.1. The highest BCUT2D eigenvalue weighted by Crippen LogP contribution is 2.08. The second-order valence-electron chi connectivity index (χ2n) is 5.62. The molecule has 0 aliphatic rings. The van der Waals surface area contributed by atoms with Crippen LogP contribution >= 0.6 is 0 Å². The number of rotatable bonds is 7. The van der Waals surface area contributed by atoms with Gasteiger partial charge in [-0.15, -0.1) is 0 Å². The highest BCUT2D eigenvalue weighted by molar-refractivity contribution is 5.92. The van der Waals surface area contributed by atoms with Crippen LogP contribution in [0.4, 0.5) is 0 Å². The Kier molecular flexibility index (Phi) is 6.29. The summed E-state index contributed by atoms with van der Waals surface area (Å²) in [6, 6.07) is 13.9. The molecule has 2 aromatic rings. The van der Waals surface area contributed by atoms with E-state index in [0.29, 0.717) is 12.2 Å². The molecule has 1 aromatic heterocycles. The molecule has 0 fully saturated rings. The minimum atomic E-state index is -0.138. The second-order valence-corrected chi connectivity index (χ2v) is 5.62. The fraction of sp³-hybridized carbons (Fsp3) is 0.368. The third-order valence-corrected chi connectivity index (χ3v) is 3.90. The molecule has 0 atom stereocenters. The molecule has 0 spiro atoms. The van der Waals surface area contributed by atoms with Crippen molar-refractivity contribution < 1.29 is 4.79 Å². The van der Waals surface area contributed by atoms with E-state index in [4.69, 9.17) is 0 Å². The van der Waals surface area contributed by atoms with Crippen molar-refractivity contribution in [3.63, 3.8) is 0 Å². The van der Waals surface area contributed by atoms with E-state index >= 15 is 0 Å². The van der Waals surface area contributed by atoms with Crippen LogP contribution in [0.1, 0.15) is 41.2 Å². The molecule has 0 aliphatic heterocycles. The number of hydrogen-bond donors (Lipinski definition) is 1. The van der Waals surface area contributed by atoms with Crippen LogP contribution in [-0.2, 0) is 13.1 Å². The van der Waals surface area contributed by atoms with Gasteiger partial charge in [0.15, 0.2) is 0 Å². The first kappa shape index (κ1) is 17.2. The third kappa shape index (κ3) is 5.18. The monoisotopic (exact) mass is 311 g/mol. The molecule has 0 radical (unpaired) electrons. The van der Waals surface area contributed by atoms with Crippen LogP contribution in [0.3, 0.4) is 0 Å². The average molecular weight is 311 g/mol. The Morgan fingerprint density at radius 2 is 1.70 bits per heavy atom. The zero-order valence-corrected chi connectivity index (χ0v) is 14.2. The van der Waals surface area contributed by atoms with Gasteiger partial charge in [0, 0.05) is 18.8 Å². The average Bonchev–Trinajstić information content (AvgIpc) is 2.58. The van der Waals surface area contributed by atoms with E-state index in [9.17, 15) is 4.79 Å². The number of aryl methyl sites for hydroxylation is 1. The van der Waals surface area contributed by atoms with Crippen LogP contribution in [0.25, 0.3) is 0 Å². The van der Waals surface area contributed by atoms with Crippen molar-refractivity contribution in [2.24, 2.45) is 0 Å².